The molecule has 0 radical (unpaired) electrons. The average molecular weight is 426 g/mol. The molecule has 4 fully saturated rings. The standard InChI is InChI=1S/C27H39NO3/c1-14-11-21-24(28-13-14)16(3)27(31-21)10-8-19-20-6-5-17-12-18(29)7-9-26(17,4)23(20)25(30)22(19)15(27)2/h5,14,16,18-21,23-24,28-29H,6-13H2,1-4H3/t14-,16+,18-,19-,20-,21+,23+,24-,26-,27+/m0/s1. The summed E-state index contributed by atoms with van der Waals surface area (Å²) in [6.45, 7) is 10.3. The predicted octanol–water partition coefficient (Wildman–Crippen LogP) is 4.18. The van der Waals surface area contributed by atoms with Gasteiger partial charge in [-0.3, -0.25) is 4.79 Å². The number of ether oxygens (including phenoxy) is 1. The van der Waals surface area contributed by atoms with Crippen molar-refractivity contribution in [2.24, 2.45) is 35.0 Å². The number of ketones is 1. The zero-order chi connectivity index (χ0) is 21.7. The molecule has 170 valence electrons. The number of aliphatic hydroxyl groups excluding tert-OH is 1. The van der Waals surface area contributed by atoms with Crippen LogP contribution in [0.1, 0.15) is 72.6 Å². The van der Waals surface area contributed by atoms with Crippen molar-refractivity contribution in [3.8, 4) is 0 Å². The molecule has 31 heavy (non-hydrogen) atoms. The van der Waals surface area contributed by atoms with E-state index in [4.69, 9.17) is 4.74 Å². The van der Waals surface area contributed by atoms with Gasteiger partial charge >= 0.3 is 0 Å². The van der Waals surface area contributed by atoms with E-state index < -0.39 is 0 Å². The molecular weight excluding hydrogens is 386 g/mol. The minimum absolute atomic E-state index is 0.0653. The minimum Gasteiger partial charge on any atom is -0.393 e. The van der Waals surface area contributed by atoms with Crippen LogP contribution in [0.3, 0.4) is 0 Å². The lowest BCUT2D eigenvalue weighted by Crippen LogP contribution is -2.49. The van der Waals surface area contributed by atoms with Crippen LogP contribution in [-0.4, -0.2) is 41.3 Å². The van der Waals surface area contributed by atoms with E-state index in [1.807, 2.05) is 0 Å². The quantitative estimate of drug-likeness (QED) is 0.572. The van der Waals surface area contributed by atoms with Crippen molar-refractivity contribution >= 4 is 5.78 Å². The number of carbonyl (C=O) groups is 1. The SMILES string of the molecule is CC1=C2C(=O)[C@H]3[C@@H](CC=C4C[C@@H](O)CC[C@@]43C)[C@@H]2CC[C@@]12O[C@@H]1C[C@H](C)CN[C@H]1[C@H]2C. The van der Waals surface area contributed by atoms with Crippen molar-refractivity contribution in [2.45, 2.75) is 96.5 Å². The molecule has 0 bridgehead atoms. The molecule has 1 spiro atoms. The maximum Gasteiger partial charge on any atom is 0.163 e. The molecule has 6 rings (SSSR count). The molecule has 2 N–H and O–H groups in total. The van der Waals surface area contributed by atoms with Gasteiger partial charge < -0.3 is 15.2 Å². The number of carbonyl (C=O) groups excluding carboxylic acids is 1. The number of rotatable bonds is 0. The van der Waals surface area contributed by atoms with Crippen molar-refractivity contribution in [3.63, 3.8) is 0 Å². The Morgan fingerprint density at radius 2 is 2.03 bits per heavy atom. The first-order chi connectivity index (χ1) is 14.8. The van der Waals surface area contributed by atoms with Gasteiger partial charge in [0.25, 0.3) is 0 Å². The van der Waals surface area contributed by atoms with E-state index in [9.17, 15) is 9.90 Å². The van der Waals surface area contributed by atoms with Crippen LogP contribution in [0.25, 0.3) is 0 Å². The fourth-order valence-corrected chi connectivity index (χ4v) is 8.93. The van der Waals surface area contributed by atoms with Crippen molar-refractivity contribution in [1.29, 1.82) is 0 Å². The van der Waals surface area contributed by atoms with Crippen molar-refractivity contribution in [2.75, 3.05) is 6.54 Å². The molecule has 4 heteroatoms. The highest BCUT2D eigenvalue weighted by Gasteiger charge is 2.63. The van der Waals surface area contributed by atoms with E-state index in [2.05, 4.69) is 39.1 Å². The Morgan fingerprint density at radius 1 is 1.23 bits per heavy atom. The Labute approximate surface area is 186 Å². The molecule has 6 aliphatic rings. The molecule has 4 aliphatic carbocycles. The first-order valence-electron chi connectivity index (χ1n) is 12.8. The van der Waals surface area contributed by atoms with Crippen LogP contribution >= 0.6 is 0 Å². The van der Waals surface area contributed by atoms with E-state index in [1.165, 1.54) is 11.1 Å². The summed E-state index contributed by atoms with van der Waals surface area (Å²) < 4.78 is 6.93. The predicted molar refractivity (Wildman–Crippen MR) is 120 cm³/mol. The third kappa shape index (κ3) is 2.62. The summed E-state index contributed by atoms with van der Waals surface area (Å²) in [6.07, 6.45) is 9.23. The minimum atomic E-state index is -0.263. The van der Waals surface area contributed by atoms with Gasteiger partial charge in [-0.15, -0.1) is 0 Å². The molecule has 2 saturated heterocycles. The molecule has 0 aromatic carbocycles. The van der Waals surface area contributed by atoms with E-state index in [1.54, 1.807) is 0 Å². The summed E-state index contributed by atoms with van der Waals surface area (Å²) in [6, 6.07) is 0.410. The van der Waals surface area contributed by atoms with Gasteiger partial charge in [0.2, 0.25) is 0 Å². The summed E-state index contributed by atoms with van der Waals surface area (Å²) in [5.74, 6) is 2.41. The maximum atomic E-state index is 14.1. The van der Waals surface area contributed by atoms with E-state index in [0.717, 1.165) is 57.1 Å². The monoisotopic (exact) mass is 425 g/mol. The molecule has 10 atom stereocenters. The Balaban J connectivity index is 1.39. The topological polar surface area (TPSA) is 58.6 Å². The summed E-state index contributed by atoms with van der Waals surface area (Å²) in [4.78, 5) is 14.1. The highest BCUT2D eigenvalue weighted by Crippen LogP contribution is 2.63. The average Bonchev–Trinajstić information content (AvgIpc) is 3.18. The van der Waals surface area contributed by atoms with Crippen molar-refractivity contribution < 1.29 is 14.6 Å². The number of piperidine rings is 1. The van der Waals surface area contributed by atoms with E-state index >= 15 is 0 Å². The van der Waals surface area contributed by atoms with Gasteiger partial charge in [0.05, 0.1) is 17.8 Å². The molecular formula is C27H39NO3. The summed E-state index contributed by atoms with van der Waals surface area (Å²) in [7, 11) is 0. The number of nitrogens with one attached hydrogen (secondary N) is 1. The second-order valence-electron chi connectivity index (χ2n) is 12.1. The van der Waals surface area contributed by atoms with Gasteiger partial charge in [-0.05, 0) is 87.2 Å². The van der Waals surface area contributed by atoms with E-state index in [-0.39, 0.29) is 29.1 Å². The molecule has 2 aliphatic heterocycles. The number of allylic oxidation sites excluding steroid dienone is 2. The molecule has 2 saturated carbocycles. The fraction of sp³-hybridized carbons (Fsp3) is 0.815. The van der Waals surface area contributed by atoms with Crippen molar-refractivity contribution in [3.05, 3.63) is 22.8 Å². The van der Waals surface area contributed by atoms with Crippen LogP contribution in [0, 0.1) is 35.0 Å². The van der Waals surface area contributed by atoms with Gasteiger partial charge in [-0.2, -0.15) is 0 Å². The number of aliphatic hydroxyl groups is 1. The Hall–Kier alpha value is -0.970. The second kappa shape index (κ2) is 6.77. The fourth-order valence-electron chi connectivity index (χ4n) is 8.93. The zero-order valence-corrected chi connectivity index (χ0v) is 19.6. The largest absolute Gasteiger partial charge is 0.393 e. The first kappa shape index (κ1) is 20.6. The van der Waals surface area contributed by atoms with E-state index in [0.29, 0.717) is 35.5 Å². The van der Waals surface area contributed by atoms with Crippen molar-refractivity contribution in [1.82, 2.24) is 5.32 Å². The smallest absolute Gasteiger partial charge is 0.163 e. The third-order valence-corrected chi connectivity index (χ3v) is 10.6. The lowest BCUT2D eigenvalue weighted by atomic mass is 9.56. The van der Waals surface area contributed by atoms with Gasteiger partial charge in [0.1, 0.15) is 0 Å². The Kier molecular flexibility index (Phi) is 4.51. The molecule has 2 heterocycles. The van der Waals surface area contributed by atoms with Crippen LogP contribution in [0.15, 0.2) is 22.8 Å². The van der Waals surface area contributed by atoms with Gasteiger partial charge in [0, 0.05) is 23.5 Å². The maximum absolute atomic E-state index is 14.1. The lowest BCUT2D eigenvalue weighted by Gasteiger charge is -2.48. The van der Waals surface area contributed by atoms with Gasteiger partial charge in [0.15, 0.2) is 5.78 Å². The number of fused-ring (bicyclic) bond motifs is 6. The molecule has 0 unspecified atom stereocenters. The summed E-state index contributed by atoms with van der Waals surface area (Å²) in [5, 5.41) is 14.0. The first-order valence-corrected chi connectivity index (χ1v) is 12.8. The van der Waals surface area contributed by atoms with Crippen LogP contribution in [0.5, 0.6) is 0 Å². The molecule has 0 aromatic rings. The second-order valence-corrected chi connectivity index (χ2v) is 12.1. The van der Waals surface area contributed by atoms with Crippen LogP contribution in [0.2, 0.25) is 0 Å². The zero-order valence-electron chi connectivity index (χ0n) is 19.6. The Bertz CT molecular complexity index is 876. The van der Waals surface area contributed by atoms with Gasteiger partial charge in [-0.25, -0.2) is 0 Å². The summed E-state index contributed by atoms with van der Waals surface area (Å²) >= 11 is 0. The third-order valence-electron chi connectivity index (χ3n) is 10.6. The molecule has 0 amide bonds. The highest BCUT2D eigenvalue weighted by molar-refractivity contribution is 6.02. The Morgan fingerprint density at radius 3 is 2.84 bits per heavy atom. The number of hydrogen-bond acceptors (Lipinski definition) is 4. The summed E-state index contributed by atoms with van der Waals surface area (Å²) in [5.41, 5.74) is 3.43. The highest BCUT2D eigenvalue weighted by atomic mass is 16.5. The van der Waals surface area contributed by atoms with Gasteiger partial charge in [-0.1, -0.05) is 32.4 Å². The van der Waals surface area contributed by atoms with Crippen LogP contribution in [-0.2, 0) is 9.53 Å². The normalized spacial score (nSPS) is 53.7. The number of Topliss-reactive ketones (excluding diaryl/α,β-unsaturated/α-hetero) is 1. The molecule has 4 nitrogen and oxygen atoms in total. The lowest BCUT2D eigenvalue weighted by molar-refractivity contribution is -0.123. The number of hydrogen-bond donors (Lipinski definition) is 2. The molecule has 0 aromatic heterocycles. The van der Waals surface area contributed by atoms with Crippen LogP contribution < -0.4 is 5.32 Å². The van der Waals surface area contributed by atoms with Crippen LogP contribution in [0.4, 0.5) is 0 Å².